The van der Waals surface area contributed by atoms with Crippen molar-refractivity contribution in [1.82, 2.24) is 9.80 Å². The molecule has 3 fully saturated rings. The van der Waals surface area contributed by atoms with Gasteiger partial charge in [-0.15, -0.1) is 0 Å². The summed E-state index contributed by atoms with van der Waals surface area (Å²) in [7, 11) is 1.66. The van der Waals surface area contributed by atoms with Crippen molar-refractivity contribution in [3.05, 3.63) is 24.3 Å². The fourth-order valence-electron chi connectivity index (χ4n) is 4.04. The smallest absolute Gasteiger partial charge is 0.327 e. The minimum absolute atomic E-state index is 0.000577. The zero-order chi connectivity index (χ0) is 16.0. The summed E-state index contributed by atoms with van der Waals surface area (Å²) < 4.78 is 5.42. The van der Waals surface area contributed by atoms with Crippen LogP contribution in [0.2, 0.25) is 0 Å². The highest BCUT2D eigenvalue weighted by molar-refractivity contribution is 6.05. The Labute approximate surface area is 135 Å². The van der Waals surface area contributed by atoms with Gasteiger partial charge in [-0.05, 0) is 31.4 Å². The highest BCUT2D eigenvalue weighted by atomic mass is 16.5. The number of methoxy groups -OCH3 is 1. The lowest BCUT2D eigenvalue weighted by Crippen LogP contribution is -2.43. The Balaban J connectivity index is 1.53. The number of anilines is 1. The Morgan fingerprint density at radius 3 is 2.74 bits per heavy atom. The summed E-state index contributed by atoms with van der Waals surface area (Å²) in [6, 6.07) is 7.54. The van der Waals surface area contributed by atoms with Gasteiger partial charge in [-0.3, -0.25) is 9.69 Å². The molecule has 4 rings (SSSR count). The molecule has 6 heteroatoms. The monoisotopic (exact) mass is 315 g/mol. The number of imide groups is 1. The van der Waals surface area contributed by atoms with Gasteiger partial charge in [-0.25, -0.2) is 4.79 Å². The molecule has 3 aliphatic rings. The first-order chi connectivity index (χ1) is 11.2. The van der Waals surface area contributed by atoms with Gasteiger partial charge in [-0.1, -0.05) is 12.1 Å². The van der Waals surface area contributed by atoms with Crippen LogP contribution in [0, 0.1) is 0 Å². The van der Waals surface area contributed by atoms with Crippen LogP contribution in [0.3, 0.4) is 0 Å². The summed E-state index contributed by atoms with van der Waals surface area (Å²) in [4.78, 5) is 30.6. The van der Waals surface area contributed by atoms with E-state index in [0.29, 0.717) is 13.1 Å². The summed E-state index contributed by atoms with van der Waals surface area (Å²) in [5.74, 6) is 0.826. The molecule has 0 saturated carbocycles. The number of rotatable bonds is 3. The maximum absolute atomic E-state index is 12.6. The largest absolute Gasteiger partial charge is 0.495 e. The van der Waals surface area contributed by atoms with Crippen LogP contribution < -0.4 is 9.64 Å². The van der Waals surface area contributed by atoms with E-state index < -0.39 is 0 Å². The number of benzene rings is 1. The molecule has 0 spiro atoms. The zero-order valence-corrected chi connectivity index (χ0v) is 13.3. The van der Waals surface area contributed by atoms with Crippen LogP contribution >= 0.6 is 0 Å². The molecule has 6 nitrogen and oxygen atoms in total. The Morgan fingerprint density at radius 2 is 1.96 bits per heavy atom. The molecule has 1 aromatic rings. The van der Waals surface area contributed by atoms with Crippen LogP contribution in [0.5, 0.6) is 5.75 Å². The minimum atomic E-state index is -0.206. The molecule has 0 radical (unpaired) electrons. The third kappa shape index (κ3) is 2.16. The van der Waals surface area contributed by atoms with E-state index in [1.807, 2.05) is 24.3 Å². The lowest BCUT2D eigenvalue weighted by Gasteiger charge is -2.24. The van der Waals surface area contributed by atoms with Crippen molar-refractivity contribution in [3.8, 4) is 5.75 Å². The predicted molar refractivity (Wildman–Crippen MR) is 85.6 cm³/mol. The number of carbonyl (C=O) groups is 2. The molecule has 0 bridgehead atoms. The molecule has 122 valence electrons. The lowest BCUT2D eigenvalue weighted by molar-refractivity contribution is -0.129. The average Bonchev–Trinajstić information content (AvgIpc) is 3.27. The van der Waals surface area contributed by atoms with Crippen LogP contribution in [-0.2, 0) is 4.79 Å². The first-order valence-electron chi connectivity index (χ1n) is 8.22. The second-order valence-electron chi connectivity index (χ2n) is 6.40. The van der Waals surface area contributed by atoms with Crippen LogP contribution in [0.1, 0.15) is 19.3 Å². The molecular weight excluding hydrogens is 294 g/mol. The van der Waals surface area contributed by atoms with Crippen LogP contribution in [0.25, 0.3) is 0 Å². The maximum Gasteiger partial charge on any atom is 0.327 e. The van der Waals surface area contributed by atoms with Gasteiger partial charge in [0.1, 0.15) is 11.8 Å². The average molecular weight is 315 g/mol. The standard InChI is InChI=1S/C17H21N3O3/c1-23-15-7-3-2-5-13(15)18-10-8-12(11-18)20-16(21)14-6-4-9-19(14)17(20)22/h2-3,5,7,12,14H,4,6,8-11H2,1H3/t12-,14-/m0/s1. The third-order valence-corrected chi connectivity index (χ3v) is 5.18. The molecule has 2 atom stereocenters. The normalized spacial score (nSPS) is 27.1. The molecule has 23 heavy (non-hydrogen) atoms. The van der Waals surface area contributed by atoms with Crippen molar-refractivity contribution in [2.24, 2.45) is 0 Å². The van der Waals surface area contributed by atoms with E-state index in [-0.39, 0.29) is 24.0 Å². The van der Waals surface area contributed by atoms with Gasteiger partial charge in [0.15, 0.2) is 0 Å². The number of nitrogens with zero attached hydrogens (tertiary/aromatic N) is 3. The van der Waals surface area contributed by atoms with E-state index in [2.05, 4.69) is 4.90 Å². The number of para-hydroxylation sites is 2. The minimum Gasteiger partial charge on any atom is -0.495 e. The second-order valence-corrected chi connectivity index (χ2v) is 6.40. The Bertz CT molecular complexity index is 626. The molecule has 0 aliphatic carbocycles. The van der Waals surface area contributed by atoms with E-state index in [1.165, 1.54) is 4.90 Å². The van der Waals surface area contributed by atoms with E-state index >= 15 is 0 Å². The number of ether oxygens (including phenoxy) is 1. The van der Waals surface area contributed by atoms with Gasteiger partial charge in [0, 0.05) is 19.6 Å². The SMILES string of the molecule is COc1ccccc1N1CC[C@H](N2C(=O)[C@@H]3CCCN3C2=O)C1. The number of hydrogen-bond acceptors (Lipinski definition) is 4. The van der Waals surface area contributed by atoms with Gasteiger partial charge < -0.3 is 14.5 Å². The molecule has 3 heterocycles. The summed E-state index contributed by atoms with van der Waals surface area (Å²) in [6.07, 6.45) is 2.56. The van der Waals surface area contributed by atoms with Crippen LogP contribution in [0.15, 0.2) is 24.3 Å². The van der Waals surface area contributed by atoms with E-state index in [9.17, 15) is 9.59 Å². The summed E-state index contributed by atoms with van der Waals surface area (Å²) >= 11 is 0. The first kappa shape index (κ1) is 14.4. The summed E-state index contributed by atoms with van der Waals surface area (Å²) in [5.41, 5.74) is 1.03. The second kappa shape index (κ2) is 5.44. The molecule has 0 aromatic heterocycles. The van der Waals surface area contributed by atoms with Gasteiger partial charge >= 0.3 is 6.03 Å². The predicted octanol–water partition coefficient (Wildman–Crippen LogP) is 1.70. The highest BCUT2D eigenvalue weighted by Crippen LogP contribution is 2.34. The lowest BCUT2D eigenvalue weighted by atomic mass is 10.2. The number of amides is 3. The molecule has 3 aliphatic heterocycles. The van der Waals surface area contributed by atoms with Gasteiger partial charge in [0.05, 0.1) is 18.8 Å². The molecule has 1 aromatic carbocycles. The molecule has 0 unspecified atom stereocenters. The van der Waals surface area contributed by atoms with E-state index in [1.54, 1.807) is 12.0 Å². The van der Waals surface area contributed by atoms with Crippen molar-refractivity contribution in [2.45, 2.75) is 31.3 Å². The van der Waals surface area contributed by atoms with E-state index in [0.717, 1.165) is 37.2 Å². The Kier molecular flexibility index (Phi) is 3.39. The number of hydrogen-bond donors (Lipinski definition) is 0. The van der Waals surface area contributed by atoms with Gasteiger partial charge in [0.25, 0.3) is 5.91 Å². The maximum atomic E-state index is 12.6. The molecule has 3 saturated heterocycles. The third-order valence-electron chi connectivity index (χ3n) is 5.18. The fraction of sp³-hybridized carbons (Fsp3) is 0.529. The van der Waals surface area contributed by atoms with Crippen molar-refractivity contribution < 1.29 is 14.3 Å². The van der Waals surface area contributed by atoms with Crippen LogP contribution in [0.4, 0.5) is 10.5 Å². The Morgan fingerprint density at radius 1 is 1.13 bits per heavy atom. The Hall–Kier alpha value is -2.24. The van der Waals surface area contributed by atoms with Gasteiger partial charge in [0.2, 0.25) is 0 Å². The number of urea groups is 1. The van der Waals surface area contributed by atoms with Crippen molar-refractivity contribution in [2.75, 3.05) is 31.6 Å². The molecule has 0 N–H and O–H groups in total. The quantitative estimate of drug-likeness (QED) is 0.797. The van der Waals surface area contributed by atoms with Crippen molar-refractivity contribution in [1.29, 1.82) is 0 Å². The van der Waals surface area contributed by atoms with Crippen LogP contribution in [-0.4, -0.2) is 60.6 Å². The molecule has 3 amide bonds. The zero-order valence-electron chi connectivity index (χ0n) is 13.3. The molecular formula is C17H21N3O3. The number of carbonyl (C=O) groups excluding carboxylic acids is 2. The fourth-order valence-corrected chi connectivity index (χ4v) is 4.04. The first-order valence-corrected chi connectivity index (χ1v) is 8.22. The van der Waals surface area contributed by atoms with Gasteiger partial charge in [-0.2, -0.15) is 0 Å². The summed E-state index contributed by atoms with van der Waals surface area (Å²) in [6.45, 7) is 2.22. The van der Waals surface area contributed by atoms with E-state index in [4.69, 9.17) is 4.74 Å². The van der Waals surface area contributed by atoms with Crippen molar-refractivity contribution in [3.63, 3.8) is 0 Å². The summed E-state index contributed by atoms with van der Waals surface area (Å²) in [5, 5.41) is 0. The number of fused-ring (bicyclic) bond motifs is 1. The highest BCUT2D eigenvalue weighted by Gasteiger charge is 2.50. The topological polar surface area (TPSA) is 53.1 Å². The van der Waals surface area contributed by atoms with Crippen molar-refractivity contribution >= 4 is 17.6 Å².